The predicted molar refractivity (Wildman–Crippen MR) is 106 cm³/mol. The topological polar surface area (TPSA) is 49.4 Å². The van der Waals surface area contributed by atoms with Crippen LogP contribution in [0.1, 0.15) is 43.3 Å². The van der Waals surface area contributed by atoms with E-state index >= 15 is 0 Å². The zero-order valence-corrected chi connectivity index (χ0v) is 16.5. The van der Waals surface area contributed by atoms with Gasteiger partial charge < -0.3 is 5.32 Å². The predicted octanol–water partition coefficient (Wildman–Crippen LogP) is 3.93. The molecule has 0 atom stereocenters. The second-order valence-electron chi connectivity index (χ2n) is 5.78. The van der Waals surface area contributed by atoms with Crippen molar-refractivity contribution in [3.8, 4) is 0 Å². The minimum Gasteiger partial charge on any atom is -0.323 e. The van der Waals surface area contributed by atoms with Crippen LogP contribution in [0.3, 0.4) is 0 Å². The minimum absolute atomic E-state index is 0. The third kappa shape index (κ3) is 5.39. The van der Waals surface area contributed by atoms with Crippen LogP contribution in [-0.2, 0) is 6.42 Å². The number of rotatable bonds is 5. The number of carbonyl (C=O) groups is 2. The number of imide groups is 1. The lowest BCUT2D eigenvalue weighted by molar-refractivity contribution is 0.0652. The minimum atomic E-state index is -0.150. The Morgan fingerprint density at radius 1 is 0.960 bits per heavy atom. The highest BCUT2D eigenvalue weighted by Crippen LogP contribution is 2.23. The molecule has 6 heteroatoms. The molecule has 1 N–H and O–H groups in total. The van der Waals surface area contributed by atoms with Crippen molar-refractivity contribution < 1.29 is 9.59 Å². The Morgan fingerprint density at radius 2 is 1.52 bits per heavy atom. The van der Waals surface area contributed by atoms with E-state index in [1.165, 1.54) is 14.7 Å². The second-order valence-corrected chi connectivity index (χ2v) is 7.15. The molecule has 0 saturated carbocycles. The maximum atomic E-state index is 12.2. The Kier molecular flexibility index (Phi) is 8.83. The number of amides is 2. The van der Waals surface area contributed by atoms with Gasteiger partial charge in [0.15, 0.2) is 0 Å². The Labute approximate surface area is 159 Å². The van der Waals surface area contributed by atoms with Gasteiger partial charge in [0.2, 0.25) is 0 Å². The number of hydrogen-bond acceptors (Lipinski definition) is 4. The van der Waals surface area contributed by atoms with Crippen molar-refractivity contribution in [1.29, 1.82) is 0 Å². The van der Waals surface area contributed by atoms with E-state index in [9.17, 15) is 9.59 Å². The van der Waals surface area contributed by atoms with Crippen LogP contribution in [0.15, 0.2) is 36.4 Å². The van der Waals surface area contributed by atoms with Crippen LogP contribution >= 0.6 is 23.7 Å². The lowest BCUT2D eigenvalue weighted by Crippen LogP contribution is -2.30. The summed E-state index contributed by atoms with van der Waals surface area (Å²) in [7, 11) is 3.75. The molecule has 0 aliphatic carbocycles. The molecule has 0 radical (unpaired) electrons. The Hall–Kier alpha value is -1.69. The van der Waals surface area contributed by atoms with Gasteiger partial charge in [-0.2, -0.15) is 0 Å². The van der Waals surface area contributed by atoms with Crippen molar-refractivity contribution in [3.05, 3.63) is 57.3 Å². The smallest absolute Gasteiger partial charge is 0.261 e. The van der Waals surface area contributed by atoms with Gasteiger partial charge in [-0.25, -0.2) is 0 Å². The summed E-state index contributed by atoms with van der Waals surface area (Å²) in [6.07, 6.45) is 2.86. The summed E-state index contributed by atoms with van der Waals surface area (Å²) >= 11 is 1.81. The largest absolute Gasteiger partial charge is 0.323 e. The summed E-state index contributed by atoms with van der Waals surface area (Å²) in [6, 6.07) is 11.3. The summed E-state index contributed by atoms with van der Waals surface area (Å²) in [5, 5.41) is 2.75. The summed E-state index contributed by atoms with van der Waals surface area (Å²) in [4.78, 5) is 28.4. The lowest BCUT2D eigenvalue weighted by Gasteiger charge is -2.13. The fourth-order valence-corrected chi connectivity index (χ4v) is 3.56. The van der Waals surface area contributed by atoms with Crippen molar-refractivity contribution in [2.24, 2.45) is 0 Å². The monoisotopic (exact) mass is 380 g/mol. The summed E-state index contributed by atoms with van der Waals surface area (Å²) in [6.45, 7) is 2.61. The molecule has 4 nitrogen and oxygen atoms in total. The van der Waals surface area contributed by atoms with Gasteiger partial charge in [0.1, 0.15) is 0 Å². The normalized spacial score (nSPS) is 12.4. The zero-order valence-electron chi connectivity index (χ0n) is 14.9. The quantitative estimate of drug-likeness (QED) is 0.631. The van der Waals surface area contributed by atoms with Gasteiger partial charge in [-0.3, -0.25) is 14.5 Å². The van der Waals surface area contributed by atoms with Crippen molar-refractivity contribution in [2.45, 2.75) is 26.2 Å². The average Bonchev–Trinajstić information content (AvgIpc) is 3.09. The maximum Gasteiger partial charge on any atom is 0.261 e. The molecular formula is C19H25ClN2O2S. The molecule has 1 aliphatic heterocycles. The number of thiophene rings is 1. The maximum absolute atomic E-state index is 12.2. The van der Waals surface area contributed by atoms with Gasteiger partial charge in [0.25, 0.3) is 11.8 Å². The zero-order chi connectivity index (χ0) is 17.5. The average molecular weight is 381 g/mol. The highest BCUT2D eigenvalue weighted by atomic mass is 35.5. The Balaban J connectivity index is 0.000000730. The van der Waals surface area contributed by atoms with Crippen LogP contribution in [0.25, 0.3) is 0 Å². The van der Waals surface area contributed by atoms with E-state index in [4.69, 9.17) is 0 Å². The summed E-state index contributed by atoms with van der Waals surface area (Å²) < 4.78 is 0. The number of carbonyl (C=O) groups excluding carboxylic acids is 2. The molecule has 25 heavy (non-hydrogen) atoms. The standard InChI is InChI=1S/C17H17NO2S.C2H7N.ClH/c1-12-9-10-13(21-12)6-4-5-11-18-16(19)14-7-2-3-8-15(14)17(18)20;1-3-2;/h2-3,7-10H,4-6,11H2,1H3;3H,1-2H3;1H. The van der Waals surface area contributed by atoms with E-state index in [2.05, 4.69) is 24.4 Å². The molecule has 1 aromatic heterocycles. The molecule has 1 aromatic carbocycles. The first kappa shape index (κ1) is 21.4. The van der Waals surface area contributed by atoms with E-state index in [1.807, 2.05) is 25.4 Å². The highest BCUT2D eigenvalue weighted by molar-refractivity contribution is 7.11. The van der Waals surface area contributed by atoms with Gasteiger partial charge >= 0.3 is 0 Å². The van der Waals surface area contributed by atoms with Crippen molar-refractivity contribution in [1.82, 2.24) is 10.2 Å². The molecule has 0 unspecified atom stereocenters. The molecule has 2 amide bonds. The van der Waals surface area contributed by atoms with Crippen LogP contribution < -0.4 is 5.32 Å². The van der Waals surface area contributed by atoms with E-state index in [1.54, 1.807) is 24.3 Å². The second kappa shape index (κ2) is 10.3. The van der Waals surface area contributed by atoms with Gasteiger partial charge in [-0.05, 0) is 64.5 Å². The number of fused-ring (bicyclic) bond motifs is 1. The van der Waals surface area contributed by atoms with E-state index in [-0.39, 0.29) is 24.2 Å². The van der Waals surface area contributed by atoms with Crippen molar-refractivity contribution in [3.63, 3.8) is 0 Å². The molecule has 2 aromatic rings. The van der Waals surface area contributed by atoms with E-state index < -0.39 is 0 Å². The first-order valence-electron chi connectivity index (χ1n) is 8.17. The number of hydrogen-bond donors (Lipinski definition) is 1. The molecule has 2 heterocycles. The lowest BCUT2D eigenvalue weighted by atomic mass is 10.1. The number of aryl methyl sites for hydroxylation is 2. The first-order valence-corrected chi connectivity index (χ1v) is 8.99. The van der Waals surface area contributed by atoms with Crippen LogP contribution in [-0.4, -0.2) is 37.4 Å². The highest BCUT2D eigenvalue weighted by Gasteiger charge is 2.34. The van der Waals surface area contributed by atoms with Crippen molar-refractivity contribution >= 4 is 35.6 Å². The molecule has 0 spiro atoms. The van der Waals surface area contributed by atoms with Crippen LogP contribution in [0.2, 0.25) is 0 Å². The molecule has 0 saturated heterocycles. The van der Waals surface area contributed by atoms with Gasteiger partial charge in [-0.15, -0.1) is 23.7 Å². The third-order valence-electron chi connectivity index (χ3n) is 3.73. The third-order valence-corrected chi connectivity index (χ3v) is 4.79. The van der Waals surface area contributed by atoms with E-state index in [0.717, 1.165) is 19.3 Å². The first-order chi connectivity index (χ1) is 11.6. The van der Waals surface area contributed by atoms with Gasteiger partial charge in [0, 0.05) is 16.3 Å². The number of nitrogens with one attached hydrogen (secondary N) is 1. The summed E-state index contributed by atoms with van der Waals surface area (Å²) in [5.74, 6) is -0.301. The molecule has 0 fully saturated rings. The summed E-state index contributed by atoms with van der Waals surface area (Å²) in [5.41, 5.74) is 1.08. The van der Waals surface area contributed by atoms with E-state index in [0.29, 0.717) is 17.7 Å². The molecule has 136 valence electrons. The van der Waals surface area contributed by atoms with Gasteiger partial charge in [-0.1, -0.05) is 12.1 Å². The Morgan fingerprint density at radius 3 is 2.00 bits per heavy atom. The Bertz CT molecular complexity index is 680. The molecule has 3 rings (SSSR count). The number of halogens is 1. The SMILES string of the molecule is CNC.Cc1ccc(CCCCN2C(=O)c3ccccc3C2=O)s1.Cl. The van der Waals surface area contributed by atoms with Crippen LogP contribution in [0, 0.1) is 6.92 Å². The van der Waals surface area contributed by atoms with Gasteiger partial charge in [0.05, 0.1) is 11.1 Å². The van der Waals surface area contributed by atoms with Crippen molar-refractivity contribution in [2.75, 3.05) is 20.6 Å². The number of nitrogens with zero attached hydrogens (tertiary/aromatic N) is 1. The fraction of sp³-hybridized carbons (Fsp3) is 0.368. The molecule has 1 aliphatic rings. The van der Waals surface area contributed by atoms with Crippen LogP contribution in [0.4, 0.5) is 0 Å². The molecule has 0 bridgehead atoms. The fourth-order valence-electron chi connectivity index (χ4n) is 2.63. The number of unbranched alkanes of at least 4 members (excludes halogenated alkanes) is 1. The van der Waals surface area contributed by atoms with Crippen LogP contribution in [0.5, 0.6) is 0 Å². The molecular weight excluding hydrogens is 356 g/mol. The number of benzene rings is 1.